The number of alkyl halides is 1. The fraction of sp³-hybridized carbons (Fsp3) is 0.368. The van der Waals surface area contributed by atoms with Gasteiger partial charge in [0.1, 0.15) is 0 Å². The summed E-state index contributed by atoms with van der Waals surface area (Å²) in [6, 6.07) is 19.2. The number of benzene rings is 2. The molecule has 1 unspecified atom stereocenters. The van der Waals surface area contributed by atoms with Crippen LogP contribution < -0.4 is 0 Å². The van der Waals surface area contributed by atoms with E-state index in [-0.39, 0.29) is 10.8 Å². The maximum Gasteiger partial charge on any atom is 0.0625 e. The van der Waals surface area contributed by atoms with Gasteiger partial charge in [-0.1, -0.05) is 75.4 Å². The van der Waals surface area contributed by atoms with Crippen molar-refractivity contribution in [2.45, 2.75) is 44.4 Å². The van der Waals surface area contributed by atoms with Gasteiger partial charge in [0.05, 0.1) is 5.38 Å². The zero-order chi connectivity index (χ0) is 14.6. The molecule has 0 heterocycles. The lowest BCUT2D eigenvalue weighted by Crippen LogP contribution is -2.15. The highest BCUT2D eigenvalue weighted by Crippen LogP contribution is 2.30. The van der Waals surface area contributed by atoms with Crippen molar-refractivity contribution < 1.29 is 0 Å². The SMILES string of the molecule is CCC(C)(C)c1ccc(C(Cl)Cc2ccccc2)cc1. The van der Waals surface area contributed by atoms with Gasteiger partial charge in [0.25, 0.3) is 0 Å². The average molecular weight is 287 g/mol. The van der Waals surface area contributed by atoms with Gasteiger partial charge in [0.15, 0.2) is 0 Å². The van der Waals surface area contributed by atoms with E-state index < -0.39 is 0 Å². The van der Waals surface area contributed by atoms with Crippen LogP contribution >= 0.6 is 11.6 Å². The van der Waals surface area contributed by atoms with Crippen LogP contribution in [0.4, 0.5) is 0 Å². The summed E-state index contributed by atoms with van der Waals surface area (Å²) in [6.45, 7) is 6.79. The van der Waals surface area contributed by atoms with E-state index in [0.29, 0.717) is 0 Å². The van der Waals surface area contributed by atoms with Crippen LogP contribution in [0.5, 0.6) is 0 Å². The number of hydrogen-bond donors (Lipinski definition) is 0. The Labute approximate surface area is 127 Å². The first-order valence-electron chi connectivity index (χ1n) is 7.31. The van der Waals surface area contributed by atoms with Crippen LogP contribution in [0, 0.1) is 0 Å². The molecular formula is C19H23Cl. The molecule has 0 aliphatic rings. The Hall–Kier alpha value is -1.27. The van der Waals surface area contributed by atoms with Crippen LogP contribution in [0.1, 0.15) is 49.3 Å². The molecule has 0 aliphatic heterocycles. The minimum Gasteiger partial charge on any atom is -0.117 e. The van der Waals surface area contributed by atoms with E-state index in [1.807, 2.05) is 6.07 Å². The molecule has 0 spiro atoms. The smallest absolute Gasteiger partial charge is 0.0625 e. The highest BCUT2D eigenvalue weighted by atomic mass is 35.5. The summed E-state index contributed by atoms with van der Waals surface area (Å²) in [6.07, 6.45) is 2.01. The van der Waals surface area contributed by atoms with E-state index in [2.05, 4.69) is 69.3 Å². The van der Waals surface area contributed by atoms with E-state index in [4.69, 9.17) is 11.6 Å². The van der Waals surface area contributed by atoms with Gasteiger partial charge in [-0.3, -0.25) is 0 Å². The molecule has 0 saturated carbocycles. The van der Waals surface area contributed by atoms with Crippen molar-refractivity contribution in [1.82, 2.24) is 0 Å². The second-order valence-corrected chi connectivity index (χ2v) is 6.54. The van der Waals surface area contributed by atoms with E-state index in [9.17, 15) is 0 Å². The van der Waals surface area contributed by atoms with Crippen LogP contribution in [-0.4, -0.2) is 0 Å². The third-order valence-electron chi connectivity index (χ3n) is 4.20. The maximum atomic E-state index is 6.54. The number of rotatable bonds is 5. The molecule has 2 rings (SSSR count). The summed E-state index contributed by atoms with van der Waals surface area (Å²) in [7, 11) is 0. The Morgan fingerprint density at radius 2 is 1.55 bits per heavy atom. The molecule has 0 aliphatic carbocycles. The lowest BCUT2D eigenvalue weighted by molar-refractivity contribution is 0.506. The zero-order valence-electron chi connectivity index (χ0n) is 12.6. The fourth-order valence-electron chi connectivity index (χ4n) is 2.29. The van der Waals surface area contributed by atoms with Crippen LogP contribution in [0.3, 0.4) is 0 Å². The molecular weight excluding hydrogens is 264 g/mol. The molecule has 0 saturated heterocycles. The van der Waals surface area contributed by atoms with E-state index in [1.54, 1.807) is 0 Å². The molecule has 1 atom stereocenters. The van der Waals surface area contributed by atoms with Gasteiger partial charge in [-0.25, -0.2) is 0 Å². The summed E-state index contributed by atoms with van der Waals surface area (Å²) in [5.41, 5.74) is 4.10. The van der Waals surface area contributed by atoms with Crippen molar-refractivity contribution in [3.8, 4) is 0 Å². The Bertz CT molecular complexity index is 525. The third-order valence-corrected chi connectivity index (χ3v) is 4.60. The Morgan fingerprint density at radius 1 is 0.950 bits per heavy atom. The van der Waals surface area contributed by atoms with Gasteiger partial charge in [0.2, 0.25) is 0 Å². The largest absolute Gasteiger partial charge is 0.117 e. The lowest BCUT2D eigenvalue weighted by Gasteiger charge is -2.23. The number of halogens is 1. The average Bonchev–Trinajstić information content (AvgIpc) is 2.48. The molecule has 0 aromatic heterocycles. The van der Waals surface area contributed by atoms with Crippen molar-refractivity contribution in [3.63, 3.8) is 0 Å². The second-order valence-electron chi connectivity index (χ2n) is 6.02. The molecule has 0 bridgehead atoms. The van der Waals surface area contributed by atoms with Gasteiger partial charge in [-0.2, -0.15) is 0 Å². The standard InChI is InChI=1S/C19H23Cl/c1-4-19(2,3)17-12-10-16(11-13-17)18(20)14-15-8-6-5-7-9-15/h5-13,18H,4,14H2,1-3H3. The second kappa shape index (κ2) is 6.45. The van der Waals surface area contributed by atoms with Gasteiger partial charge in [-0.05, 0) is 34.9 Å². The summed E-state index contributed by atoms with van der Waals surface area (Å²) in [5, 5.41) is 0.0381. The fourth-order valence-corrected chi connectivity index (χ4v) is 2.61. The van der Waals surface area contributed by atoms with Crippen molar-refractivity contribution in [3.05, 3.63) is 71.3 Å². The van der Waals surface area contributed by atoms with Gasteiger partial charge in [-0.15, -0.1) is 11.6 Å². The molecule has 2 aromatic rings. The summed E-state index contributed by atoms with van der Waals surface area (Å²) in [5.74, 6) is 0. The molecule has 2 aromatic carbocycles. The molecule has 0 amide bonds. The van der Waals surface area contributed by atoms with Gasteiger partial charge < -0.3 is 0 Å². The predicted molar refractivity (Wildman–Crippen MR) is 88.5 cm³/mol. The minimum atomic E-state index is 0.0381. The van der Waals surface area contributed by atoms with Crippen LogP contribution in [0.15, 0.2) is 54.6 Å². The topological polar surface area (TPSA) is 0 Å². The third kappa shape index (κ3) is 3.64. The first kappa shape index (κ1) is 15.1. The summed E-state index contributed by atoms with van der Waals surface area (Å²) < 4.78 is 0. The molecule has 106 valence electrons. The van der Waals surface area contributed by atoms with E-state index in [0.717, 1.165) is 12.8 Å². The van der Waals surface area contributed by atoms with Crippen LogP contribution in [-0.2, 0) is 11.8 Å². The van der Waals surface area contributed by atoms with Crippen LogP contribution in [0.2, 0.25) is 0 Å². The highest BCUT2D eigenvalue weighted by molar-refractivity contribution is 6.20. The minimum absolute atomic E-state index is 0.0381. The quantitative estimate of drug-likeness (QED) is 0.601. The molecule has 20 heavy (non-hydrogen) atoms. The predicted octanol–water partition coefficient (Wildman–Crippen LogP) is 5.90. The Kier molecular flexibility index (Phi) is 4.88. The maximum absolute atomic E-state index is 6.54. The Morgan fingerprint density at radius 3 is 2.10 bits per heavy atom. The molecule has 0 nitrogen and oxygen atoms in total. The molecule has 0 fully saturated rings. The van der Waals surface area contributed by atoms with Crippen molar-refractivity contribution in [2.24, 2.45) is 0 Å². The van der Waals surface area contributed by atoms with Crippen molar-refractivity contribution in [1.29, 1.82) is 0 Å². The highest BCUT2D eigenvalue weighted by Gasteiger charge is 2.18. The molecule has 0 radical (unpaired) electrons. The van der Waals surface area contributed by atoms with Crippen molar-refractivity contribution in [2.75, 3.05) is 0 Å². The zero-order valence-corrected chi connectivity index (χ0v) is 13.3. The Balaban J connectivity index is 2.10. The molecule has 1 heteroatoms. The monoisotopic (exact) mass is 286 g/mol. The van der Waals surface area contributed by atoms with Crippen LogP contribution in [0.25, 0.3) is 0 Å². The van der Waals surface area contributed by atoms with E-state index >= 15 is 0 Å². The van der Waals surface area contributed by atoms with Gasteiger partial charge in [0, 0.05) is 0 Å². The first-order chi connectivity index (χ1) is 9.53. The molecule has 0 N–H and O–H groups in total. The lowest BCUT2D eigenvalue weighted by atomic mass is 9.82. The summed E-state index contributed by atoms with van der Waals surface area (Å²) >= 11 is 6.54. The normalized spacial score (nSPS) is 13.2. The van der Waals surface area contributed by atoms with Gasteiger partial charge >= 0.3 is 0 Å². The first-order valence-corrected chi connectivity index (χ1v) is 7.75. The van der Waals surface area contributed by atoms with E-state index in [1.165, 1.54) is 16.7 Å². The van der Waals surface area contributed by atoms with Crippen molar-refractivity contribution >= 4 is 11.6 Å². The number of hydrogen-bond acceptors (Lipinski definition) is 0. The summed E-state index contributed by atoms with van der Waals surface area (Å²) in [4.78, 5) is 0.